The molecular weight excluding hydrogens is 530 g/mol. The number of ether oxygens (including phenoxy) is 2. The van der Waals surface area contributed by atoms with Crippen LogP contribution in [0.1, 0.15) is 141 Å². The van der Waals surface area contributed by atoms with Gasteiger partial charge in [-0.15, -0.1) is 0 Å². The first-order chi connectivity index (χ1) is 19.8. The molecule has 1 aromatic rings. The van der Waals surface area contributed by atoms with Crippen LogP contribution in [0.3, 0.4) is 0 Å². The number of nitrogens with zero attached hydrogens (tertiary/aromatic N) is 3. The summed E-state index contributed by atoms with van der Waals surface area (Å²) in [5.41, 5.74) is 1.72. The minimum Gasteiger partial charge on any atom is -0.454 e. The fraction of sp³-hybridized carbons (Fsp3) is 0.842. The van der Waals surface area contributed by atoms with Crippen LogP contribution in [-0.4, -0.2) is 77.4 Å². The van der Waals surface area contributed by atoms with Gasteiger partial charge in [-0.25, -0.2) is 0 Å². The van der Waals surface area contributed by atoms with Gasteiger partial charge >= 0.3 is 0 Å². The van der Waals surface area contributed by atoms with Crippen LogP contribution in [-0.2, 0) is 0 Å². The van der Waals surface area contributed by atoms with E-state index < -0.39 is 0 Å². The predicted molar refractivity (Wildman–Crippen MR) is 189 cm³/mol. The molecule has 4 aliphatic rings. The van der Waals surface area contributed by atoms with Crippen LogP contribution in [0, 0.1) is 5.41 Å². The highest BCUT2D eigenvalue weighted by atomic mass is 16.7. The van der Waals surface area contributed by atoms with E-state index in [0.717, 1.165) is 11.5 Å². The number of para-hydroxylation sites is 2. The van der Waals surface area contributed by atoms with Crippen molar-refractivity contribution in [3.05, 3.63) is 24.3 Å². The van der Waals surface area contributed by atoms with Gasteiger partial charge in [-0.05, 0) is 158 Å². The van der Waals surface area contributed by atoms with Gasteiger partial charge in [0.1, 0.15) is 0 Å². The maximum atomic E-state index is 5.08. The van der Waals surface area contributed by atoms with Gasteiger partial charge in [-0.3, -0.25) is 14.7 Å². The molecule has 0 bridgehead atoms. The average molecular weight is 604 g/mol. The molecule has 0 aliphatic carbocycles. The lowest BCUT2D eigenvalue weighted by Crippen LogP contribution is -2.44. The lowest BCUT2D eigenvalue weighted by Gasteiger charge is -2.38. The number of hydrogen-bond acceptors (Lipinski definition) is 5. The first kappa shape index (κ1) is 39.7. The van der Waals surface area contributed by atoms with Gasteiger partial charge in [0, 0.05) is 16.6 Å². The number of likely N-dealkylation sites (tertiary alicyclic amines) is 3. The van der Waals surface area contributed by atoms with Crippen LogP contribution in [0.4, 0.5) is 0 Å². The summed E-state index contributed by atoms with van der Waals surface area (Å²) in [7, 11) is 0. The quantitative estimate of drug-likeness (QED) is 0.294. The summed E-state index contributed by atoms with van der Waals surface area (Å²) in [6, 6.07) is 7.63. The van der Waals surface area contributed by atoms with E-state index in [0.29, 0.717) is 28.8 Å². The molecule has 4 aliphatic heterocycles. The van der Waals surface area contributed by atoms with Crippen LogP contribution >= 0.6 is 0 Å². The summed E-state index contributed by atoms with van der Waals surface area (Å²) in [4.78, 5) is 7.71. The van der Waals surface area contributed by atoms with Gasteiger partial charge in [0.05, 0.1) is 0 Å². The van der Waals surface area contributed by atoms with Crippen LogP contribution in [0.5, 0.6) is 11.5 Å². The van der Waals surface area contributed by atoms with E-state index in [9.17, 15) is 0 Å². The molecule has 0 saturated carbocycles. The van der Waals surface area contributed by atoms with Crippen molar-refractivity contribution in [2.45, 2.75) is 158 Å². The Morgan fingerprint density at radius 1 is 0.419 bits per heavy atom. The monoisotopic (exact) mass is 604 g/mol. The van der Waals surface area contributed by atoms with Crippen molar-refractivity contribution in [3.63, 3.8) is 0 Å². The highest BCUT2D eigenvalue weighted by molar-refractivity contribution is 5.40. The summed E-state index contributed by atoms with van der Waals surface area (Å²) in [6.45, 7) is 37.7. The molecule has 0 atom stereocenters. The highest BCUT2D eigenvalue weighted by Crippen LogP contribution is 2.30. The topological polar surface area (TPSA) is 28.2 Å². The van der Waals surface area contributed by atoms with Crippen molar-refractivity contribution in [1.82, 2.24) is 14.7 Å². The molecular formula is C38H73N3O2. The first-order valence-electron chi connectivity index (χ1n) is 17.4. The van der Waals surface area contributed by atoms with Gasteiger partial charge in [0.25, 0.3) is 0 Å². The fourth-order valence-corrected chi connectivity index (χ4v) is 5.36. The van der Waals surface area contributed by atoms with Crippen molar-refractivity contribution >= 4 is 0 Å². The fourth-order valence-electron chi connectivity index (χ4n) is 5.36. The molecule has 0 N–H and O–H groups in total. The first-order valence-corrected chi connectivity index (χ1v) is 17.4. The smallest absolute Gasteiger partial charge is 0.231 e. The Morgan fingerprint density at radius 3 is 0.860 bits per heavy atom. The third kappa shape index (κ3) is 19.0. The molecule has 0 spiro atoms. The Bertz CT molecular complexity index is 783. The Balaban J connectivity index is 0.000000273. The summed E-state index contributed by atoms with van der Waals surface area (Å²) >= 11 is 0. The maximum Gasteiger partial charge on any atom is 0.231 e. The van der Waals surface area contributed by atoms with E-state index >= 15 is 0 Å². The summed E-state index contributed by atoms with van der Waals surface area (Å²) in [5, 5.41) is 0. The van der Waals surface area contributed by atoms with Crippen molar-refractivity contribution in [1.29, 1.82) is 0 Å². The molecule has 43 heavy (non-hydrogen) atoms. The van der Waals surface area contributed by atoms with Crippen molar-refractivity contribution in [3.8, 4) is 11.5 Å². The van der Waals surface area contributed by atoms with Crippen molar-refractivity contribution < 1.29 is 9.47 Å². The average Bonchev–Trinajstić information content (AvgIpc) is 3.62. The standard InChI is InChI=1S/2C9H19N.C8H17N.C7H6O2.C5H12/c2*1-9(2,3)10-7-5-4-6-8-10;1-8(2,3)9-6-4-5-7-9;1-2-4-7-6(3-1)8-5-9-7;1-5(2,3)4/h2*4-8H2,1-3H3;4-7H2,1-3H3;1-4H,5H2;1-4H3. The molecule has 3 saturated heterocycles. The van der Waals surface area contributed by atoms with Crippen LogP contribution < -0.4 is 9.47 Å². The van der Waals surface area contributed by atoms with E-state index in [1.54, 1.807) is 0 Å². The van der Waals surface area contributed by atoms with Gasteiger partial charge in [-0.1, -0.05) is 52.7 Å². The minimum absolute atomic E-state index is 0.360. The zero-order valence-corrected chi connectivity index (χ0v) is 31.1. The second-order valence-corrected chi connectivity index (χ2v) is 17.2. The number of piperidine rings is 2. The van der Waals surface area contributed by atoms with Gasteiger partial charge < -0.3 is 9.47 Å². The molecule has 5 nitrogen and oxygen atoms in total. The number of fused-ring (bicyclic) bond motifs is 1. The molecule has 5 heteroatoms. The highest BCUT2D eigenvalue weighted by Gasteiger charge is 2.24. The van der Waals surface area contributed by atoms with Crippen molar-refractivity contribution in [2.75, 3.05) is 46.1 Å². The Kier molecular flexibility index (Phi) is 17.2. The predicted octanol–water partition coefficient (Wildman–Crippen LogP) is 9.89. The lowest BCUT2D eigenvalue weighted by molar-refractivity contribution is 0.110. The molecule has 0 radical (unpaired) electrons. The molecule has 3 fully saturated rings. The zero-order valence-electron chi connectivity index (χ0n) is 31.1. The van der Waals surface area contributed by atoms with Gasteiger partial charge in [0.2, 0.25) is 6.79 Å². The molecule has 4 heterocycles. The van der Waals surface area contributed by atoms with Crippen LogP contribution in [0.2, 0.25) is 0 Å². The molecule has 0 amide bonds. The second kappa shape index (κ2) is 18.6. The largest absolute Gasteiger partial charge is 0.454 e. The number of benzene rings is 1. The van der Waals surface area contributed by atoms with E-state index in [-0.39, 0.29) is 0 Å². The third-order valence-electron chi connectivity index (χ3n) is 7.94. The van der Waals surface area contributed by atoms with Gasteiger partial charge in [0.15, 0.2) is 11.5 Å². The molecule has 0 aromatic heterocycles. The van der Waals surface area contributed by atoms with Crippen LogP contribution in [0.15, 0.2) is 24.3 Å². The Labute approximate surface area is 269 Å². The molecule has 0 unspecified atom stereocenters. The van der Waals surface area contributed by atoms with Crippen LogP contribution in [0.25, 0.3) is 0 Å². The second-order valence-electron chi connectivity index (χ2n) is 17.2. The zero-order chi connectivity index (χ0) is 32.7. The summed E-state index contributed by atoms with van der Waals surface area (Å²) in [5.74, 6) is 1.69. The normalized spacial score (nSPS) is 19.8. The maximum absolute atomic E-state index is 5.08. The summed E-state index contributed by atoms with van der Waals surface area (Å²) in [6.07, 6.45) is 11.3. The Morgan fingerprint density at radius 2 is 0.651 bits per heavy atom. The molecule has 5 rings (SSSR count). The SMILES string of the molecule is CC(C)(C)C.CC(C)(C)N1CCCC1.CC(C)(C)N1CCCCC1.CC(C)(C)N1CCCCC1.c1ccc2c(c1)OCO2. The minimum atomic E-state index is 0.360. The number of rotatable bonds is 0. The molecule has 252 valence electrons. The van der Waals surface area contributed by atoms with E-state index in [2.05, 4.69) is 105 Å². The lowest BCUT2D eigenvalue weighted by atomic mass is 10.0. The van der Waals surface area contributed by atoms with E-state index in [1.165, 1.54) is 90.6 Å². The van der Waals surface area contributed by atoms with E-state index in [1.807, 2.05) is 24.3 Å². The number of hydrogen-bond donors (Lipinski definition) is 0. The van der Waals surface area contributed by atoms with Gasteiger partial charge in [-0.2, -0.15) is 0 Å². The summed E-state index contributed by atoms with van der Waals surface area (Å²) < 4.78 is 10.2. The Hall–Kier alpha value is -1.30. The van der Waals surface area contributed by atoms with E-state index in [4.69, 9.17) is 9.47 Å². The van der Waals surface area contributed by atoms with Crippen molar-refractivity contribution in [2.24, 2.45) is 5.41 Å². The third-order valence-corrected chi connectivity index (χ3v) is 7.94. The molecule has 1 aromatic carbocycles.